The highest BCUT2D eigenvalue weighted by atomic mass is 16.6. The van der Waals surface area contributed by atoms with E-state index < -0.39 is 47.2 Å². The van der Waals surface area contributed by atoms with Crippen LogP contribution in [0.15, 0.2) is 59.5 Å². The molecule has 1 saturated heterocycles. The average molecular weight is 767 g/mol. The fourth-order valence-electron chi connectivity index (χ4n) is 7.47. The number of alkyl carbamates (subject to hydrolysis) is 1. The highest BCUT2D eigenvalue weighted by Gasteiger charge is 2.36. The van der Waals surface area contributed by atoms with Gasteiger partial charge < -0.3 is 36.4 Å². The fourth-order valence-corrected chi connectivity index (χ4v) is 7.47. The lowest BCUT2D eigenvalue weighted by atomic mass is 9.81. The van der Waals surface area contributed by atoms with Crippen molar-refractivity contribution in [1.29, 1.82) is 0 Å². The Morgan fingerprint density at radius 2 is 1.68 bits per heavy atom. The number of benzene rings is 2. The first-order valence-electron chi connectivity index (χ1n) is 19.1. The molecule has 1 saturated carbocycles. The number of aromatic nitrogens is 3. The molecule has 15 heteroatoms. The number of hydrogen-bond donors (Lipinski definition) is 6. The molecule has 0 unspecified atom stereocenters. The van der Waals surface area contributed by atoms with Gasteiger partial charge in [0.25, 0.3) is 5.91 Å². The molecule has 2 atom stereocenters. The molecular weight excluding hydrogens is 716 g/mol. The van der Waals surface area contributed by atoms with E-state index in [-0.39, 0.29) is 29.8 Å². The number of piperidine rings is 1. The van der Waals surface area contributed by atoms with Gasteiger partial charge in [0, 0.05) is 42.9 Å². The van der Waals surface area contributed by atoms with E-state index in [1.165, 1.54) is 4.90 Å². The SMILES string of the molecule is Cc1cc(C(=O)N[C@@H]2CCCNC2=O)ncc1-c1ccc(C[C@@H](C(N)=O)N(C(=O)C2CCC(CNC(=O)OC(C)(C)C)CC2)c2ccc3[nH]c(=O)[nH]c3c2)cc1. The number of H-pyrrole nitrogens is 2. The predicted octanol–water partition coefficient (Wildman–Crippen LogP) is 4.00. The number of primary amides is 1. The Morgan fingerprint density at radius 3 is 2.34 bits per heavy atom. The summed E-state index contributed by atoms with van der Waals surface area (Å²) in [6.07, 6.45) is 5.15. The molecule has 296 valence electrons. The molecule has 2 aromatic heterocycles. The maximum Gasteiger partial charge on any atom is 0.407 e. The monoisotopic (exact) mass is 766 g/mol. The summed E-state index contributed by atoms with van der Waals surface area (Å²) in [5, 5.41) is 8.37. The van der Waals surface area contributed by atoms with Crippen molar-refractivity contribution in [2.24, 2.45) is 17.6 Å². The molecule has 4 aromatic rings. The number of amides is 5. The summed E-state index contributed by atoms with van der Waals surface area (Å²) in [6, 6.07) is 12.6. The van der Waals surface area contributed by atoms with Crippen LogP contribution in [-0.2, 0) is 25.5 Å². The first-order chi connectivity index (χ1) is 26.6. The molecule has 15 nitrogen and oxygen atoms in total. The van der Waals surface area contributed by atoms with Crippen LogP contribution in [0.4, 0.5) is 10.5 Å². The van der Waals surface area contributed by atoms with E-state index in [0.717, 1.165) is 28.7 Å². The van der Waals surface area contributed by atoms with Gasteiger partial charge >= 0.3 is 11.8 Å². The number of nitrogens with zero attached hydrogens (tertiary/aromatic N) is 2. The van der Waals surface area contributed by atoms with Crippen LogP contribution in [0.1, 0.15) is 80.9 Å². The molecule has 7 N–H and O–H groups in total. The zero-order valence-electron chi connectivity index (χ0n) is 32.2. The number of aryl methyl sites for hydroxylation is 1. The molecule has 6 rings (SSSR count). The first kappa shape index (κ1) is 39.7. The number of ether oxygens (including phenoxy) is 1. The number of aromatic amines is 2. The lowest BCUT2D eigenvalue weighted by molar-refractivity contribution is -0.127. The summed E-state index contributed by atoms with van der Waals surface area (Å²) in [5.41, 5.74) is 9.98. The molecule has 2 fully saturated rings. The number of nitrogens with two attached hydrogens (primary N) is 1. The first-order valence-corrected chi connectivity index (χ1v) is 19.1. The predicted molar refractivity (Wildman–Crippen MR) is 211 cm³/mol. The molecule has 1 aliphatic heterocycles. The van der Waals surface area contributed by atoms with Crippen LogP contribution in [0, 0.1) is 18.8 Å². The quantitative estimate of drug-likeness (QED) is 0.131. The van der Waals surface area contributed by atoms with Gasteiger partial charge in [-0.05, 0) is 113 Å². The summed E-state index contributed by atoms with van der Waals surface area (Å²) < 4.78 is 5.36. The Kier molecular flexibility index (Phi) is 11.9. The van der Waals surface area contributed by atoms with E-state index in [2.05, 4.69) is 30.9 Å². The largest absolute Gasteiger partial charge is 0.444 e. The van der Waals surface area contributed by atoms with Crippen molar-refractivity contribution in [2.75, 3.05) is 18.0 Å². The molecule has 1 aliphatic carbocycles. The van der Waals surface area contributed by atoms with E-state index in [4.69, 9.17) is 10.5 Å². The van der Waals surface area contributed by atoms with E-state index in [0.29, 0.717) is 61.9 Å². The minimum atomic E-state index is -1.05. The van der Waals surface area contributed by atoms with Crippen molar-refractivity contribution < 1.29 is 28.7 Å². The highest BCUT2D eigenvalue weighted by molar-refractivity contribution is 6.03. The third kappa shape index (κ3) is 9.62. The van der Waals surface area contributed by atoms with Crippen LogP contribution in [0.5, 0.6) is 0 Å². The number of carbonyl (C=O) groups is 5. The zero-order valence-corrected chi connectivity index (χ0v) is 32.2. The second-order valence-electron chi connectivity index (χ2n) is 15.8. The van der Waals surface area contributed by atoms with Crippen molar-refractivity contribution in [3.05, 3.63) is 82.0 Å². The Bertz CT molecular complexity index is 2160. The van der Waals surface area contributed by atoms with Gasteiger partial charge in [-0.2, -0.15) is 0 Å². The summed E-state index contributed by atoms with van der Waals surface area (Å²) in [4.78, 5) is 88.4. The number of anilines is 1. The highest BCUT2D eigenvalue weighted by Crippen LogP contribution is 2.33. The Balaban J connectivity index is 1.18. The van der Waals surface area contributed by atoms with Gasteiger partial charge in [0.1, 0.15) is 23.4 Å². The maximum absolute atomic E-state index is 14.5. The third-order valence-corrected chi connectivity index (χ3v) is 10.4. The third-order valence-electron chi connectivity index (χ3n) is 10.4. The molecule has 5 amide bonds. The molecule has 56 heavy (non-hydrogen) atoms. The Labute approximate surface area is 324 Å². The van der Waals surface area contributed by atoms with Crippen LogP contribution in [0.2, 0.25) is 0 Å². The fraction of sp³-hybridized carbons (Fsp3) is 0.439. The van der Waals surface area contributed by atoms with Crippen molar-refractivity contribution in [3.8, 4) is 11.1 Å². The molecule has 3 heterocycles. The number of carbonyl (C=O) groups excluding carboxylic acids is 5. The Morgan fingerprint density at radius 1 is 0.964 bits per heavy atom. The molecular formula is C41H50N8O7. The van der Waals surface area contributed by atoms with E-state index in [1.807, 2.05) is 31.2 Å². The summed E-state index contributed by atoms with van der Waals surface area (Å²) >= 11 is 0. The lowest BCUT2D eigenvalue weighted by Gasteiger charge is -2.36. The molecule has 0 spiro atoms. The minimum Gasteiger partial charge on any atom is -0.444 e. The maximum atomic E-state index is 14.5. The van der Waals surface area contributed by atoms with Crippen molar-refractivity contribution in [1.82, 2.24) is 30.9 Å². The lowest BCUT2D eigenvalue weighted by Crippen LogP contribution is -2.52. The Hall–Kier alpha value is -5.99. The van der Waals surface area contributed by atoms with Gasteiger partial charge in [-0.1, -0.05) is 24.3 Å². The van der Waals surface area contributed by atoms with E-state index in [1.54, 1.807) is 51.2 Å². The van der Waals surface area contributed by atoms with Crippen LogP contribution < -0.4 is 32.3 Å². The van der Waals surface area contributed by atoms with Crippen LogP contribution in [-0.4, -0.2) is 75.4 Å². The summed E-state index contributed by atoms with van der Waals surface area (Å²) in [7, 11) is 0. The van der Waals surface area contributed by atoms with Crippen molar-refractivity contribution in [3.63, 3.8) is 0 Å². The average Bonchev–Trinajstić information content (AvgIpc) is 3.53. The minimum absolute atomic E-state index is 0.128. The number of rotatable bonds is 11. The molecule has 0 bridgehead atoms. The van der Waals surface area contributed by atoms with E-state index in [9.17, 15) is 28.8 Å². The summed E-state index contributed by atoms with van der Waals surface area (Å²) in [6.45, 7) is 8.33. The van der Waals surface area contributed by atoms with Crippen LogP contribution in [0.25, 0.3) is 22.2 Å². The zero-order chi connectivity index (χ0) is 40.1. The molecule has 0 radical (unpaired) electrons. The van der Waals surface area contributed by atoms with Crippen molar-refractivity contribution >= 4 is 46.4 Å². The van der Waals surface area contributed by atoms with Crippen LogP contribution >= 0.6 is 0 Å². The van der Waals surface area contributed by atoms with Crippen molar-refractivity contribution in [2.45, 2.75) is 90.3 Å². The second kappa shape index (κ2) is 16.8. The number of imidazole rings is 1. The van der Waals surface area contributed by atoms with Gasteiger partial charge in [0.05, 0.1) is 11.0 Å². The van der Waals surface area contributed by atoms with Gasteiger partial charge in [-0.3, -0.25) is 29.1 Å². The van der Waals surface area contributed by atoms with Gasteiger partial charge in [0.15, 0.2) is 0 Å². The number of nitrogens with one attached hydrogen (secondary N) is 5. The van der Waals surface area contributed by atoms with E-state index >= 15 is 0 Å². The smallest absolute Gasteiger partial charge is 0.407 e. The topological polar surface area (TPSA) is 221 Å². The standard InChI is InChI=1S/C41H50N8O7/c1-23-18-33(37(52)46-31-6-5-17-43-36(31)51)44-22-29(23)26-11-7-24(8-12-26)19-34(35(42)50)49(28-15-16-30-32(20-28)48-39(54)47-30)38(53)27-13-9-25(10-14-27)21-45-40(55)56-41(2,3)4/h7-8,11-12,15-16,18,20,22,25,27,31,34H,5-6,9-10,13-14,17,19,21H2,1-4H3,(H2,42,50)(H,43,51)(H,45,55)(H,46,52)(H2,47,48,54)/t25?,27?,31-,34+/m1/s1. The number of fused-ring (bicyclic) bond motifs is 1. The van der Waals surface area contributed by atoms with Gasteiger partial charge in [0.2, 0.25) is 17.7 Å². The number of hydrogen-bond acceptors (Lipinski definition) is 8. The molecule has 2 aromatic carbocycles. The van der Waals surface area contributed by atoms with Crippen LogP contribution in [0.3, 0.4) is 0 Å². The molecule has 2 aliphatic rings. The normalized spacial score (nSPS) is 19.1. The van der Waals surface area contributed by atoms with Gasteiger partial charge in [-0.25, -0.2) is 9.59 Å². The second-order valence-corrected chi connectivity index (χ2v) is 15.8. The van der Waals surface area contributed by atoms with Gasteiger partial charge in [-0.15, -0.1) is 0 Å². The summed E-state index contributed by atoms with van der Waals surface area (Å²) in [5.74, 6) is -1.76. The number of pyridine rings is 1.